The van der Waals surface area contributed by atoms with E-state index in [9.17, 15) is 0 Å². The summed E-state index contributed by atoms with van der Waals surface area (Å²) < 4.78 is 10.6. The lowest BCUT2D eigenvalue weighted by molar-refractivity contribution is 0.164. The minimum absolute atomic E-state index is 0.296. The molecule has 0 aliphatic carbocycles. The first-order chi connectivity index (χ1) is 12.8. The normalized spacial score (nSPS) is 16.0. The van der Waals surface area contributed by atoms with E-state index in [1.807, 2.05) is 24.3 Å². The van der Waals surface area contributed by atoms with Crippen molar-refractivity contribution in [1.29, 1.82) is 0 Å². The lowest BCUT2D eigenvalue weighted by Gasteiger charge is -2.35. The molecule has 5 nitrogen and oxygen atoms in total. The Labute approximate surface area is 160 Å². The van der Waals surface area contributed by atoms with Gasteiger partial charge in [-0.25, -0.2) is 0 Å². The van der Waals surface area contributed by atoms with Crippen LogP contribution in [-0.2, 0) is 6.54 Å². The highest BCUT2D eigenvalue weighted by Gasteiger charge is 2.22. The smallest absolute Gasteiger partial charge is 0.166 e. The molecule has 0 amide bonds. The van der Waals surface area contributed by atoms with Crippen molar-refractivity contribution < 1.29 is 9.15 Å². The zero-order chi connectivity index (χ0) is 18.2. The first kappa shape index (κ1) is 18.7. The fourth-order valence-corrected chi connectivity index (χ4v) is 3.50. The number of benzene rings is 1. The number of nitrogens with zero attached hydrogens (tertiary/aromatic N) is 1. The molecule has 140 valence electrons. The highest BCUT2D eigenvalue weighted by atomic mass is 32.1. The molecule has 1 aliphatic rings. The summed E-state index contributed by atoms with van der Waals surface area (Å²) in [5.74, 6) is 1.76. The first-order valence-corrected chi connectivity index (χ1v) is 9.59. The molecule has 1 fully saturated rings. The summed E-state index contributed by atoms with van der Waals surface area (Å²) in [7, 11) is 1.70. The Kier molecular flexibility index (Phi) is 6.91. The van der Waals surface area contributed by atoms with Crippen LogP contribution in [0.3, 0.4) is 0 Å². The van der Waals surface area contributed by atoms with Gasteiger partial charge in [0.25, 0.3) is 0 Å². The number of hydrogen-bond donors (Lipinski definition) is 2. The first-order valence-electron chi connectivity index (χ1n) is 9.18. The molecule has 0 radical (unpaired) electrons. The van der Waals surface area contributed by atoms with Crippen LogP contribution < -0.4 is 15.4 Å². The van der Waals surface area contributed by atoms with Gasteiger partial charge in [0, 0.05) is 6.54 Å². The molecule has 1 aromatic heterocycles. The summed E-state index contributed by atoms with van der Waals surface area (Å²) in [5, 5.41) is 7.23. The van der Waals surface area contributed by atoms with Gasteiger partial charge in [0.2, 0.25) is 0 Å². The third-order valence-electron chi connectivity index (χ3n) is 4.79. The van der Waals surface area contributed by atoms with Gasteiger partial charge in [0.1, 0.15) is 11.5 Å². The summed E-state index contributed by atoms with van der Waals surface area (Å²) in [6, 6.07) is 12.5. The Morgan fingerprint density at radius 2 is 1.92 bits per heavy atom. The predicted octanol–water partition coefficient (Wildman–Crippen LogP) is 3.48. The fourth-order valence-electron chi connectivity index (χ4n) is 3.35. The standard InChI is InChI=1S/C20H27N3O2S/c1-24-17-9-7-16(8-10-17)19(23-11-3-2-4-12-23)15-22-20(26)21-14-18-6-5-13-25-18/h5-10,13,19H,2-4,11-12,14-15H2,1H3,(H2,21,22,26)/t19-/m0/s1. The molecular formula is C20H27N3O2S. The van der Waals surface area contributed by atoms with Gasteiger partial charge in [-0.05, 0) is 68.0 Å². The second-order valence-corrected chi connectivity index (χ2v) is 6.94. The fraction of sp³-hybridized carbons (Fsp3) is 0.450. The zero-order valence-electron chi connectivity index (χ0n) is 15.2. The molecule has 2 heterocycles. The molecule has 0 saturated carbocycles. The van der Waals surface area contributed by atoms with Crippen molar-refractivity contribution in [3.05, 3.63) is 54.0 Å². The third kappa shape index (κ3) is 5.22. The maximum Gasteiger partial charge on any atom is 0.166 e. The molecule has 0 spiro atoms. The van der Waals surface area contributed by atoms with Crippen LogP contribution in [-0.4, -0.2) is 36.8 Å². The van der Waals surface area contributed by atoms with E-state index in [0.29, 0.717) is 17.7 Å². The van der Waals surface area contributed by atoms with Crippen LogP contribution in [0.4, 0.5) is 0 Å². The Hall–Kier alpha value is -2.05. The van der Waals surface area contributed by atoms with Gasteiger partial charge in [-0.3, -0.25) is 4.90 Å². The lowest BCUT2D eigenvalue weighted by atomic mass is 10.0. The molecule has 1 atom stereocenters. The molecule has 26 heavy (non-hydrogen) atoms. The molecule has 1 saturated heterocycles. The van der Waals surface area contributed by atoms with Crippen molar-refractivity contribution in [2.45, 2.75) is 31.8 Å². The van der Waals surface area contributed by atoms with Crippen LogP contribution in [0.1, 0.15) is 36.6 Å². The van der Waals surface area contributed by atoms with Gasteiger partial charge >= 0.3 is 0 Å². The summed E-state index contributed by atoms with van der Waals surface area (Å²) >= 11 is 5.43. The Bertz CT molecular complexity index is 667. The number of thiocarbonyl (C=S) groups is 1. The topological polar surface area (TPSA) is 49.7 Å². The number of nitrogens with one attached hydrogen (secondary N) is 2. The van der Waals surface area contributed by atoms with Gasteiger partial charge in [-0.15, -0.1) is 0 Å². The van der Waals surface area contributed by atoms with Crippen LogP contribution >= 0.6 is 12.2 Å². The van der Waals surface area contributed by atoms with Gasteiger partial charge in [-0.1, -0.05) is 18.6 Å². The van der Waals surface area contributed by atoms with Gasteiger partial charge < -0.3 is 19.8 Å². The number of furan rings is 1. The largest absolute Gasteiger partial charge is 0.497 e. The summed E-state index contributed by atoms with van der Waals surface area (Å²) in [5.41, 5.74) is 1.29. The van der Waals surface area contributed by atoms with Crippen LogP contribution in [0.2, 0.25) is 0 Å². The van der Waals surface area contributed by atoms with Crippen LogP contribution in [0, 0.1) is 0 Å². The molecule has 0 bridgehead atoms. The number of ether oxygens (including phenoxy) is 1. The van der Waals surface area contributed by atoms with Crippen molar-refractivity contribution >= 4 is 17.3 Å². The number of piperidine rings is 1. The highest BCUT2D eigenvalue weighted by molar-refractivity contribution is 7.80. The maximum absolute atomic E-state index is 5.43. The third-order valence-corrected chi connectivity index (χ3v) is 5.08. The number of rotatable bonds is 7. The Morgan fingerprint density at radius 3 is 2.58 bits per heavy atom. The van der Waals surface area contributed by atoms with E-state index in [0.717, 1.165) is 31.1 Å². The van der Waals surface area contributed by atoms with E-state index in [2.05, 4.69) is 27.7 Å². The van der Waals surface area contributed by atoms with Crippen molar-refractivity contribution in [3.8, 4) is 5.75 Å². The van der Waals surface area contributed by atoms with Crippen molar-refractivity contribution in [1.82, 2.24) is 15.5 Å². The number of methoxy groups -OCH3 is 1. The van der Waals surface area contributed by atoms with E-state index in [4.69, 9.17) is 21.4 Å². The van der Waals surface area contributed by atoms with E-state index in [-0.39, 0.29) is 0 Å². The molecule has 0 unspecified atom stereocenters. The van der Waals surface area contributed by atoms with Crippen molar-refractivity contribution in [2.24, 2.45) is 0 Å². The van der Waals surface area contributed by atoms with Crippen LogP contribution in [0.15, 0.2) is 47.1 Å². The minimum Gasteiger partial charge on any atom is -0.497 e. The zero-order valence-corrected chi connectivity index (χ0v) is 16.1. The van der Waals surface area contributed by atoms with Gasteiger partial charge in [0.15, 0.2) is 5.11 Å². The minimum atomic E-state index is 0.296. The van der Waals surface area contributed by atoms with Crippen LogP contribution in [0.25, 0.3) is 0 Å². The van der Waals surface area contributed by atoms with E-state index in [1.54, 1.807) is 13.4 Å². The molecule has 1 aromatic carbocycles. The molecular weight excluding hydrogens is 346 g/mol. The quantitative estimate of drug-likeness (QED) is 0.725. The predicted molar refractivity (Wildman–Crippen MR) is 107 cm³/mol. The molecule has 2 N–H and O–H groups in total. The average molecular weight is 374 g/mol. The molecule has 2 aromatic rings. The van der Waals surface area contributed by atoms with E-state index < -0.39 is 0 Å². The summed E-state index contributed by atoms with van der Waals surface area (Å²) in [6.45, 7) is 3.63. The lowest BCUT2D eigenvalue weighted by Crippen LogP contribution is -2.43. The van der Waals surface area contributed by atoms with Crippen molar-refractivity contribution in [2.75, 3.05) is 26.7 Å². The van der Waals surface area contributed by atoms with Crippen molar-refractivity contribution in [3.63, 3.8) is 0 Å². The van der Waals surface area contributed by atoms with Gasteiger partial charge in [0.05, 0.1) is 26.0 Å². The maximum atomic E-state index is 5.43. The average Bonchev–Trinajstić information content (AvgIpc) is 3.21. The van der Waals surface area contributed by atoms with Crippen LogP contribution in [0.5, 0.6) is 5.75 Å². The molecule has 3 rings (SSSR count). The Morgan fingerprint density at radius 1 is 1.15 bits per heavy atom. The summed E-state index contributed by atoms with van der Waals surface area (Å²) in [6.07, 6.45) is 5.51. The molecule has 6 heteroatoms. The van der Waals surface area contributed by atoms with E-state index >= 15 is 0 Å². The van der Waals surface area contributed by atoms with Gasteiger partial charge in [-0.2, -0.15) is 0 Å². The molecule has 1 aliphatic heterocycles. The van der Waals surface area contributed by atoms with E-state index in [1.165, 1.54) is 24.8 Å². The monoisotopic (exact) mass is 373 g/mol. The summed E-state index contributed by atoms with van der Waals surface area (Å²) in [4.78, 5) is 2.55. The second kappa shape index (κ2) is 9.59. The number of likely N-dealkylation sites (tertiary alicyclic amines) is 1. The Balaban J connectivity index is 1.59. The second-order valence-electron chi connectivity index (χ2n) is 6.53. The SMILES string of the molecule is COc1ccc([C@H](CNC(=S)NCc2ccco2)N2CCCCC2)cc1. The number of hydrogen-bond acceptors (Lipinski definition) is 4. The highest BCUT2D eigenvalue weighted by Crippen LogP contribution is 2.25.